The Hall–Kier alpha value is 0.150. The van der Waals surface area contributed by atoms with Gasteiger partial charge in [-0.25, -0.2) is 0 Å². The highest BCUT2D eigenvalue weighted by molar-refractivity contribution is 14.1. The molecule has 17 heavy (non-hydrogen) atoms. The Balaban J connectivity index is 2.11. The zero-order valence-corrected chi connectivity index (χ0v) is 13.6. The molecular formula is C12H17BrINO2. The van der Waals surface area contributed by atoms with Crippen molar-refractivity contribution >= 4 is 44.2 Å². The molecule has 1 rings (SSSR count). The summed E-state index contributed by atoms with van der Waals surface area (Å²) >= 11 is 5.78. The normalized spacial score (nSPS) is 10.5. The first-order chi connectivity index (χ1) is 8.24. The van der Waals surface area contributed by atoms with Crippen LogP contribution in [0.5, 0.6) is 0 Å². The van der Waals surface area contributed by atoms with Crippen molar-refractivity contribution in [3.05, 3.63) is 26.2 Å². The van der Waals surface area contributed by atoms with Gasteiger partial charge < -0.3 is 14.8 Å². The first-order valence-corrected chi connectivity index (χ1v) is 7.37. The average molecular weight is 414 g/mol. The van der Waals surface area contributed by atoms with E-state index in [0.717, 1.165) is 42.9 Å². The first kappa shape index (κ1) is 15.2. The van der Waals surface area contributed by atoms with Crippen LogP contribution in [-0.4, -0.2) is 33.5 Å². The molecule has 1 aromatic rings. The molecule has 0 aliphatic rings. The lowest BCUT2D eigenvalue weighted by Crippen LogP contribution is -2.10. The Morgan fingerprint density at radius 2 is 2.12 bits per heavy atom. The van der Waals surface area contributed by atoms with Crippen LogP contribution < -0.4 is 5.32 Å². The van der Waals surface area contributed by atoms with E-state index in [-0.39, 0.29) is 0 Å². The van der Waals surface area contributed by atoms with Crippen molar-refractivity contribution in [2.24, 2.45) is 0 Å². The van der Waals surface area contributed by atoms with E-state index in [9.17, 15) is 0 Å². The van der Waals surface area contributed by atoms with Crippen LogP contribution in [0.25, 0.3) is 0 Å². The Morgan fingerprint density at radius 3 is 2.82 bits per heavy atom. The van der Waals surface area contributed by atoms with Crippen LogP contribution in [0.15, 0.2) is 22.7 Å². The average Bonchev–Trinajstić information content (AvgIpc) is 2.32. The summed E-state index contributed by atoms with van der Waals surface area (Å²) in [5.74, 6) is 0. The van der Waals surface area contributed by atoms with Crippen molar-refractivity contribution in [3.63, 3.8) is 0 Å². The molecule has 0 saturated carbocycles. The summed E-state index contributed by atoms with van der Waals surface area (Å²) in [7, 11) is 1.71. The maximum Gasteiger partial charge on any atom is 0.0639 e. The Kier molecular flexibility index (Phi) is 8.17. The molecule has 0 unspecified atom stereocenters. The number of ether oxygens (including phenoxy) is 2. The SMILES string of the molecule is COCCCOCCNc1ccc(Br)c(I)c1. The molecule has 3 nitrogen and oxygen atoms in total. The van der Waals surface area contributed by atoms with Crippen LogP contribution in [-0.2, 0) is 9.47 Å². The van der Waals surface area contributed by atoms with Gasteiger partial charge in [0, 0.05) is 40.6 Å². The van der Waals surface area contributed by atoms with Gasteiger partial charge in [0.25, 0.3) is 0 Å². The molecule has 0 amide bonds. The van der Waals surface area contributed by atoms with Crippen molar-refractivity contribution in [1.29, 1.82) is 0 Å². The summed E-state index contributed by atoms with van der Waals surface area (Å²) in [4.78, 5) is 0. The van der Waals surface area contributed by atoms with E-state index in [1.807, 2.05) is 6.07 Å². The lowest BCUT2D eigenvalue weighted by atomic mass is 10.3. The van der Waals surface area contributed by atoms with Crippen LogP contribution in [0.2, 0.25) is 0 Å². The van der Waals surface area contributed by atoms with Gasteiger partial charge >= 0.3 is 0 Å². The predicted molar refractivity (Wildman–Crippen MR) is 82.7 cm³/mol. The largest absolute Gasteiger partial charge is 0.385 e. The van der Waals surface area contributed by atoms with Crippen molar-refractivity contribution in [3.8, 4) is 0 Å². The molecule has 0 atom stereocenters. The number of hydrogen-bond acceptors (Lipinski definition) is 3. The fourth-order valence-electron chi connectivity index (χ4n) is 1.28. The Bertz CT molecular complexity index is 336. The van der Waals surface area contributed by atoms with Gasteiger partial charge in [-0.05, 0) is 63.1 Å². The molecule has 0 fully saturated rings. The molecule has 96 valence electrons. The molecular weight excluding hydrogens is 397 g/mol. The van der Waals surface area contributed by atoms with E-state index >= 15 is 0 Å². The molecule has 0 aromatic heterocycles. The Morgan fingerprint density at radius 1 is 1.29 bits per heavy atom. The van der Waals surface area contributed by atoms with Crippen LogP contribution in [0.1, 0.15) is 6.42 Å². The van der Waals surface area contributed by atoms with Crippen molar-refractivity contribution in [2.75, 3.05) is 38.8 Å². The lowest BCUT2D eigenvalue weighted by molar-refractivity contribution is 0.109. The summed E-state index contributed by atoms with van der Waals surface area (Å²) in [6.07, 6.45) is 0.951. The van der Waals surface area contributed by atoms with E-state index < -0.39 is 0 Å². The molecule has 0 aliphatic heterocycles. The minimum Gasteiger partial charge on any atom is -0.385 e. The number of anilines is 1. The summed E-state index contributed by atoms with van der Waals surface area (Å²) in [6.45, 7) is 3.06. The molecule has 0 aliphatic carbocycles. The van der Waals surface area contributed by atoms with Gasteiger partial charge in [-0.15, -0.1) is 0 Å². The van der Waals surface area contributed by atoms with Crippen molar-refractivity contribution < 1.29 is 9.47 Å². The summed E-state index contributed by atoms with van der Waals surface area (Å²) < 4.78 is 12.7. The number of hydrogen-bond donors (Lipinski definition) is 1. The predicted octanol–water partition coefficient (Wildman–Crippen LogP) is 3.52. The van der Waals surface area contributed by atoms with Crippen molar-refractivity contribution in [2.45, 2.75) is 6.42 Å². The van der Waals surface area contributed by atoms with Gasteiger partial charge in [0.2, 0.25) is 0 Å². The molecule has 0 heterocycles. The third kappa shape index (κ3) is 6.59. The number of rotatable bonds is 8. The standard InChI is InChI=1S/C12H17BrINO2/c1-16-6-2-7-17-8-5-15-10-3-4-11(13)12(14)9-10/h3-4,9,15H,2,5-8H2,1H3. The van der Waals surface area contributed by atoms with Gasteiger partial charge in [0.1, 0.15) is 0 Å². The number of methoxy groups -OCH3 is 1. The highest BCUT2D eigenvalue weighted by Gasteiger charge is 1.97. The van der Waals surface area contributed by atoms with E-state index in [1.54, 1.807) is 7.11 Å². The first-order valence-electron chi connectivity index (χ1n) is 5.49. The second-order valence-corrected chi connectivity index (χ2v) is 5.53. The zero-order chi connectivity index (χ0) is 12.5. The van der Waals surface area contributed by atoms with E-state index in [4.69, 9.17) is 9.47 Å². The van der Waals surface area contributed by atoms with Crippen LogP contribution >= 0.6 is 38.5 Å². The molecule has 0 bridgehead atoms. The molecule has 1 aromatic carbocycles. The lowest BCUT2D eigenvalue weighted by Gasteiger charge is -2.08. The number of halogens is 2. The fraction of sp³-hybridized carbons (Fsp3) is 0.500. The minimum absolute atomic E-state index is 0.719. The molecule has 1 N–H and O–H groups in total. The van der Waals surface area contributed by atoms with Gasteiger partial charge in [-0.2, -0.15) is 0 Å². The fourth-order valence-corrected chi connectivity index (χ4v) is 2.04. The quantitative estimate of drug-likeness (QED) is 0.522. The smallest absolute Gasteiger partial charge is 0.0639 e. The van der Waals surface area contributed by atoms with Gasteiger partial charge in [0.15, 0.2) is 0 Å². The molecule has 0 radical (unpaired) electrons. The van der Waals surface area contributed by atoms with Gasteiger partial charge in [-0.1, -0.05) is 0 Å². The van der Waals surface area contributed by atoms with Gasteiger partial charge in [-0.3, -0.25) is 0 Å². The van der Waals surface area contributed by atoms with E-state index in [1.165, 1.54) is 3.57 Å². The third-order valence-corrected chi connectivity index (χ3v) is 4.46. The number of benzene rings is 1. The van der Waals surface area contributed by atoms with Gasteiger partial charge in [0.05, 0.1) is 6.61 Å². The second-order valence-electron chi connectivity index (χ2n) is 3.51. The molecule has 5 heteroatoms. The highest BCUT2D eigenvalue weighted by Crippen LogP contribution is 2.22. The molecule has 0 saturated heterocycles. The maximum absolute atomic E-state index is 5.46. The van der Waals surface area contributed by atoms with Crippen LogP contribution in [0.3, 0.4) is 0 Å². The maximum atomic E-state index is 5.46. The third-order valence-electron chi connectivity index (χ3n) is 2.13. The highest BCUT2D eigenvalue weighted by atomic mass is 127. The van der Waals surface area contributed by atoms with Crippen LogP contribution in [0.4, 0.5) is 5.69 Å². The van der Waals surface area contributed by atoms with Crippen LogP contribution in [0, 0.1) is 3.57 Å². The summed E-state index contributed by atoms with van der Waals surface area (Å²) in [5, 5.41) is 3.32. The second kappa shape index (κ2) is 9.13. The monoisotopic (exact) mass is 413 g/mol. The van der Waals surface area contributed by atoms with Crippen molar-refractivity contribution in [1.82, 2.24) is 0 Å². The number of nitrogens with one attached hydrogen (secondary N) is 1. The Labute approximate surface area is 125 Å². The topological polar surface area (TPSA) is 30.5 Å². The summed E-state index contributed by atoms with van der Waals surface area (Å²) in [5.41, 5.74) is 1.12. The van der Waals surface area contributed by atoms with E-state index in [0.29, 0.717) is 0 Å². The minimum atomic E-state index is 0.719. The zero-order valence-electron chi connectivity index (χ0n) is 9.84. The molecule has 0 spiro atoms. The summed E-state index contributed by atoms with van der Waals surface area (Å²) in [6, 6.07) is 6.20. The van der Waals surface area contributed by atoms with E-state index in [2.05, 4.69) is 56.0 Å².